The fourth-order valence-electron chi connectivity index (χ4n) is 2.64. The van der Waals surface area contributed by atoms with Crippen LogP contribution in [0.1, 0.15) is 18.4 Å². The Kier molecular flexibility index (Phi) is 4.55. The summed E-state index contributed by atoms with van der Waals surface area (Å²) < 4.78 is 0. The van der Waals surface area contributed by atoms with Crippen molar-refractivity contribution in [2.75, 3.05) is 39.1 Å². The number of nitrogens with one attached hydrogen (secondary N) is 1. The van der Waals surface area contributed by atoms with E-state index >= 15 is 0 Å². The summed E-state index contributed by atoms with van der Waals surface area (Å²) in [6.07, 6.45) is 4.54. The first-order valence-corrected chi connectivity index (χ1v) is 6.71. The number of rotatable bonds is 5. The molecule has 1 unspecified atom stereocenters. The van der Waals surface area contributed by atoms with Gasteiger partial charge in [0, 0.05) is 31.9 Å². The van der Waals surface area contributed by atoms with Gasteiger partial charge in [-0.2, -0.15) is 0 Å². The van der Waals surface area contributed by atoms with Gasteiger partial charge in [0.25, 0.3) is 0 Å². The second kappa shape index (κ2) is 6.16. The molecule has 100 valence electrons. The zero-order valence-electron chi connectivity index (χ0n) is 11.7. The molecular formula is C14H24N4. The first kappa shape index (κ1) is 13.3. The molecule has 4 heteroatoms. The van der Waals surface area contributed by atoms with Crippen molar-refractivity contribution in [3.8, 4) is 0 Å². The van der Waals surface area contributed by atoms with Gasteiger partial charge in [0.05, 0.1) is 0 Å². The van der Waals surface area contributed by atoms with Gasteiger partial charge in [-0.25, -0.2) is 4.98 Å². The summed E-state index contributed by atoms with van der Waals surface area (Å²) in [6, 6.07) is 4.94. The lowest BCUT2D eigenvalue weighted by Gasteiger charge is -2.28. The molecule has 1 aliphatic heterocycles. The normalized spacial score (nSPS) is 19.8. The number of pyridine rings is 1. The van der Waals surface area contributed by atoms with Crippen LogP contribution in [0.15, 0.2) is 18.3 Å². The first-order chi connectivity index (χ1) is 8.70. The lowest BCUT2D eigenvalue weighted by molar-refractivity contribution is 0.371. The van der Waals surface area contributed by atoms with Crippen LogP contribution in [0.2, 0.25) is 0 Å². The molecule has 1 saturated heterocycles. The van der Waals surface area contributed by atoms with Crippen molar-refractivity contribution in [3.63, 3.8) is 0 Å². The van der Waals surface area contributed by atoms with Crippen LogP contribution in [0.5, 0.6) is 0 Å². The number of anilines is 1. The average molecular weight is 248 g/mol. The van der Waals surface area contributed by atoms with Gasteiger partial charge in [-0.1, -0.05) is 6.07 Å². The molecule has 0 bridgehead atoms. The van der Waals surface area contributed by atoms with E-state index in [9.17, 15) is 0 Å². The van der Waals surface area contributed by atoms with E-state index < -0.39 is 0 Å². The van der Waals surface area contributed by atoms with E-state index in [0.29, 0.717) is 6.04 Å². The fraction of sp³-hybridized carbons (Fsp3) is 0.643. The van der Waals surface area contributed by atoms with Crippen LogP contribution < -0.4 is 10.2 Å². The third-order valence-electron chi connectivity index (χ3n) is 3.44. The van der Waals surface area contributed by atoms with Gasteiger partial charge in [0.1, 0.15) is 5.82 Å². The fourth-order valence-corrected chi connectivity index (χ4v) is 2.64. The van der Waals surface area contributed by atoms with E-state index in [-0.39, 0.29) is 0 Å². The van der Waals surface area contributed by atoms with Crippen molar-refractivity contribution < 1.29 is 0 Å². The monoisotopic (exact) mass is 248 g/mol. The summed E-state index contributed by atoms with van der Waals surface area (Å²) >= 11 is 0. The largest absolute Gasteiger partial charge is 0.352 e. The molecule has 0 aliphatic carbocycles. The maximum absolute atomic E-state index is 4.60. The van der Waals surface area contributed by atoms with Crippen LogP contribution >= 0.6 is 0 Å². The van der Waals surface area contributed by atoms with Gasteiger partial charge in [0.2, 0.25) is 0 Å². The number of hydrogen-bond acceptors (Lipinski definition) is 4. The molecule has 2 rings (SSSR count). The number of hydrogen-bond donors (Lipinski definition) is 1. The first-order valence-electron chi connectivity index (χ1n) is 6.71. The molecule has 1 fully saturated rings. The zero-order valence-corrected chi connectivity index (χ0v) is 11.7. The smallest absolute Gasteiger partial charge is 0.128 e. The van der Waals surface area contributed by atoms with Crippen molar-refractivity contribution in [1.82, 2.24) is 15.2 Å². The number of nitrogens with zero attached hydrogens (tertiary/aromatic N) is 3. The molecule has 0 spiro atoms. The Morgan fingerprint density at radius 1 is 1.44 bits per heavy atom. The molecule has 0 aromatic carbocycles. The molecule has 0 saturated carbocycles. The maximum atomic E-state index is 4.60. The van der Waals surface area contributed by atoms with Crippen LogP contribution in [-0.2, 0) is 6.54 Å². The Morgan fingerprint density at radius 2 is 2.28 bits per heavy atom. The number of likely N-dealkylation sites (N-methyl/N-ethyl adjacent to an activating group) is 1. The molecule has 0 amide bonds. The summed E-state index contributed by atoms with van der Waals surface area (Å²) in [5.74, 6) is 1.12. The maximum Gasteiger partial charge on any atom is 0.128 e. The Balaban J connectivity index is 2.05. The summed E-state index contributed by atoms with van der Waals surface area (Å²) in [6.45, 7) is 3.13. The van der Waals surface area contributed by atoms with Crippen molar-refractivity contribution in [1.29, 1.82) is 0 Å². The van der Waals surface area contributed by atoms with Gasteiger partial charge in [-0.3, -0.25) is 0 Å². The molecule has 18 heavy (non-hydrogen) atoms. The zero-order chi connectivity index (χ0) is 13.0. The van der Waals surface area contributed by atoms with E-state index in [2.05, 4.69) is 46.3 Å². The topological polar surface area (TPSA) is 31.4 Å². The average Bonchev–Trinajstić information content (AvgIpc) is 2.78. The Labute approximate surface area is 110 Å². The highest BCUT2D eigenvalue weighted by molar-refractivity contribution is 5.42. The standard InChI is InChI=1S/C14H24N4/c1-15-9-12-6-7-14(16-10-12)18-8-4-5-13(18)11-17(2)3/h6-7,10,13,15H,4-5,8-9,11H2,1-3H3. The van der Waals surface area contributed by atoms with Crippen LogP contribution in [0.3, 0.4) is 0 Å². The van der Waals surface area contributed by atoms with Crippen molar-refractivity contribution in [2.45, 2.75) is 25.4 Å². The summed E-state index contributed by atoms with van der Waals surface area (Å²) in [4.78, 5) is 9.31. The summed E-state index contributed by atoms with van der Waals surface area (Å²) in [5.41, 5.74) is 1.24. The molecule has 4 nitrogen and oxygen atoms in total. The van der Waals surface area contributed by atoms with Crippen LogP contribution in [0, 0.1) is 0 Å². The second-order valence-electron chi connectivity index (χ2n) is 5.31. The van der Waals surface area contributed by atoms with E-state index in [4.69, 9.17) is 0 Å². The quantitative estimate of drug-likeness (QED) is 0.852. The van der Waals surface area contributed by atoms with E-state index in [0.717, 1.165) is 25.5 Å². The third kappa shape index (κ3) is 3.21. The van der Waals surface area contributed by atoms with Crippen molar-refractivity contribution >= 4 is 5.82 Å². The lowest BCUT2D eigenvalue weighted by Crippen LogP contribution is -2.37. The molecule has 1 atom stereocenters. The third-order valence-corrected chi connectivity index (χ3v) is 3.44. The molecule has 1 aliphatic rings. The van der Waals surface area contributed by atoms with Crippen molar-refractivity contribution in [2.24, 2.45) is 0 Å². The minimum atomic E-state index is 0.614. The van der Waals surface area contributed by atoms with Gasteiger partial charge >= 0.3 is 0 Å². The molecule has 2 heterocycles. The van der Waals surface area contributed by atoms with E-state index in [1.807, 2.05) is 13.2 Å². The van der Waals surface area contributed by atoms with Gasteiger partial charge in [0.15, 0.2) is 0 Å². The Morgan fingerprint density at radius 3 is 2.89 bits per heavy atom. The molecule has 1 aromatic heterocycles. The summed E-state index contributed by atoms with van der Waals surface area (Å²) in [5, 5.41) is 3.15. The highest BCUT2D eigenvalue weighted by Crippen LogP contribution is 2.24. The highest BCUT2D eigenvalue weighted by Gasteiger charge is 2.25. The molecule has 1 N–H and O–H groups in total. The Bertz CT molecular complexity index is 361. The number of aromatic nitrogens is 1. The van der Waals surface area contributed by atoms with Crippen LogP contribution in [0.25, 0.3) is 0 Å². The SMILES string of the molecule is CNCc1ccc(N2CCCC2CN(C)C)nc1. The van der Waals surface area contributed by atoms with Crippen LogP contribution in [-0.4, -0.2) is 50.2 Å². The van der Waals surface area contributed by atoms with Gasteiger partial charge < -0.3 is 15.1 Å². The molecular weight excluding hydrogens is 224 g/mol. The predicted molar refractivity (Wildman–Crippen MR) is 75.9 cm³/mol. The van der Waals surface area contributed by atoms with Gasteiger partial charge in [-0.15, -0.1) is 0 Å². The Hall–Kier alpha value is -1.13. The summed E-state index contributed by atoms with van der Waals surface area (Å²) in [7, 11) is 6.24. The van der Waals surface area contributed by atoms with Crippen LogP contribution in [0.4, 0.5) is 5.82 Å². The lowest BCUT2D eigenvalue weighted by atomic mass is 10.2. The van der Waals surface area contributed by atoms with Gasteiger partial charge in [-0.05, 0) is 45.6 Å². The molecule has 0 radical (unpaired) electrons. The minimum absolute atomic E-state index is 0.614. The minimum Gasteiger partial charge on any atom is -0.352 e. The highest BCUT2D eigenvalue weighted by atomic mass is 15.3. The predicted octanol–water partition coefficient (Wildman–Crippen LogP) is 1.33. The van der Waals surface area contributed by atoms with E-state index in [1.54, 1.807) is 0 Å². The van der Waals surface area contributed by atoms with Crippen molar-refractivity contribution in [3.05, 3.63) is 23.9 Å². The second-order valence-corrected chi connectivity index (χ2v) is 5.31. The molecule has 1 aromatic rings. The van der Waals surface area contributed by atoms with E-state index in [1.165, 1.54) is 18.4 Å².